The zero-order chi connectivity index (χ0) is 93.2. The Labute approximate surface area is 841 Å². The number of hydrogen-bond acceptors (Lipinski definition) is 21. The number of nitrogen functional groups attached to an aromatic ring is 2. The first kappa shape index (κ1) is 107. The van der Waals surface area contributed by atoms with Gasteiger partial charge in [0.25, 0.3) is 0 Å². The number of carbonyl (C=O) groups is 6. The maximum Gasteiger partial charge on any atom is 0.471 e. The maximum atomic E-state index is 12.8. The van der Waals surface area contributed by atoms with Crippen molar-refractivity contribution >= 4 is 159 Å². The van der Waals surface area contributed by atoms with Gasteiger partial charge in [0.05, 0.1) is 18.7 Å². The lowest BCUT2D eigenvalue weighted by molar-refractivity contribution is -0.173. The molecule has 26 nitrogen and oxygen atoms in total. The second kappa shape index (κ2) is 48.9. The van der Waals surface area contributed by atoms with Gasteiger partial charge in [-0.15, -0.1) is 45.3 Å². The highest BCUT2D eigenvalue weighted by Crippen LogP contribution is 2.57. The summed E-state index contributed by atoms with van der Waals surface area (Å²) in [6, 6.07) is 11.9. The first-order valence-electron chi connectivity index (χ1n) is 48.6. The van der Waals surface area contributed by atoms with Crippen LogP contribution in [0.3, 0.4) is 0 Å². The standard InChI is InChI=1S/C29H35N5O2S.C16H21BrN4O.C15H23BrN4.C15H27NO2.C11H17F3N2O.C7H13N.C6H5BrN2O.2BrH/c35-26(33-11-5-22(6-12-33)19-25-2-1-17-37-25)4-3-23-18-24-21-34(28(36)31-27(24)30-20-23)16-15-32-13-9-29(7-8-29)10-14-32;17-13-9-12-11-21(15(22)19-14(12)18-10-13)8-7-20-5-3-16(1-2-16)4-6-20;16-13-9-12(14(17)19-11-13)10-18-5-8-20-6-3-15(1-2-15)4-7-20;1-14(2,3)18-13(17)5-4-10-16-11-8-15(6-7-15)9-12-16;12-11(13,14)9(17)15-5-8-16-6-3-10(1-2-10)4-7-16;1-2-7(1)3-5-8-6-4-7;7-5-1-4(3-10)6(8)9-2-5;;/h1-5,17-18,20H,6-16,19,21H2,(H,30,31,36);9-10H,1-8,11H2,(H,18,19,22);9,11,18H,1-8,10H2,(H2,17,19);4-12H2,1-3H3;1-8H2,(H,15,17);8H,1-6H2;1-3H,(H2,8,9);2*1H/b4-3+;;;;;;;;. The van der Waals surface area contributed by atoms with E-state index in [2.05, 4.69) is 137 Å². The number of fused-ring (bicyclic) bond motifs is 2. The SMILES string of the molecule is Br.Br.C1CC2(CCN1)CC2.CC(C)(C)OC(=O)CCCN1CCC2(CC1)CC2.Nc1ncc(Br)cc1C=O.Nc1ncc(Br)cc1CNCCN1CCC2(CC1)CC2.O=C(/C=C/c1cnc2c(c1)CN(CCN1CCC3(CC1)CC3)C(=O)N2)N1CC=C(Cc2cccs2)CC1.O=C(NCCN1CCC2(CC1)CC2)C(F)(F)F.O=C1Nc2ncc(Br)cc2CN1CCN1CCC2(CC1)CC2. The van der Waals surface area contributed by atoms with Gasteiger partial charge in [0, 0.05) is 151 Å². The summed E-state index contributed by atoms with van der Waals surface area (Å²) in [6.45, 7) is 30.5. The van der Waals surface area contributed by atoms with Crippen molar-refractivity contribution in [2.24, 2.45) is 32.5 Å². The van der Waals surface area contributed by atoms with Crippen LogP contribution in [-0.2, 0) is 45.2 Å². The predicted octanol–water partition coefficient (Wildman–Crippen LogP) is 18.3. The summed E-state index contributed by atoms with van der Waals surface area (Å²) in [6.07, 6.45) is 45.0. The Morgan fingerprint density at radius 2 is 1.00 bits per heavy atom. The number of anilines is 4. The van der Waals surface area contributed by atoms with E-state index in [4.69, 9.17) is 16.2 Å². The minimum atomic E-state index is -4.76. The number of esters is 1. The molecule has 0 aromatic carbocycles. The number of thiophene rings is 1. The summed E-state index contributed by atoms with van der Waals surface area (Å²) in [5, 5.41) is 16.7. The number of aromatic nitrogens is 4. The van der Waals surface area contributed by atoms with E-state index in [0.717, 1.165) is 168 Å². The fraction of sp³-hybridized carbons (Fsp3) is 0.657. The highest BCUT2D eigenvalue weighted by molar-refractivity contribution is 9.11. The molecule has 738 valence electrons. The van der Waals surface area contributed by atoms with Crippen LogP contribution in [-0.4, -0.2) is 258 Å². The molecular weight excluding hydrogens is 2060 g/mol. The summed E-state index contributed by atoms with van der Waals surface area (Å²) in [4.78, 5) is 106. The second-order valence-electron chi connectivity index (χ2n) is 41.1. The normalized spacial score (nSPS) is 21.6. The Morgan fingerprint density at radius 1 is 0.552 bits per heavy atom. The molecule has 6 spiro atoms. The molecule has 0 radical (unpaired) electrons. The minimum absolute atomic E-state index is 0. The monoisotopic (exact) mass is 2190 g/mol. The molecule has 6 amide bonds. The molecule has 35 heteroatoms. The summed E-state index contributed by atoms with van der Waals surface area (Å²) in [5.41, 5.74) is 21.0. The van der Waals surface area contributed by atoms with Crippen molar-refractivity contribution in [3.8, 4) is 0 Å². The molecule has 6 saturated heterocycles. The van der Waals surface area contributed by atoms with Crippen LogP contribution in [0.5, 0.6) is 0 Å². The number of hydrogen-bond donors (Lipinski definition) is 7. The van der Waals surface area contributed by atoms with Gasteiger partial charge in [-0.2, -0.15) is 13.2 Å². The third-order valence-electron chi connectivity index (χ3n) is 30.2. The van der Waals surface area contributed by atoms with Gasteiger partial charge in [-0.3, -0.25) is 29.8 Å². The number of amides is 6. The molecule has 12 fully saturated rings. The molecule has 6 saturated carbocycles. The van der Waals surface area contributed by atoms with E-state index in [9.17, 15) is 41.9 Å². The van der Waals surface area contributed by atoms with Gasteiger partial charge in [-0.25, -0.2) is 29.5 Å². The molecule has 0 bridgehead atoms. The maximum absolute atomic E-state index is 12.8. The van der Waals surface area contributed by atoms with Crippen molar-refractivity contribution in [1.82, 2.24) is 75.1 Å². The van der Waals surface area contributed by atoms with E-state index in [0.29, 0.717) is 79.3 Å². The van der Waals surface area contributed by atoms with Crippen LogP contribution in [0.4, 0.5) is 46.0 Å². The third-order valence-corrected chi connectivity index (χ3v) is 32.4. The van der Waals surface area contributed by atoms with Crippen molar-refractivity contribution in [1.29, 1.82) is 0 Å². The number of nitrogens with zero attached hydrogens (tertiary/aromatic N) is 12. The minimum Gasteiger partial charge on any atom is -0.460 e. The zero-order valence-corrected chi connectivity index (χ0v) is 87.7. The van der Waals surface area contributed by atoms with E-state index in [-0.39, 0.29) is 75.9 Å². The Hall–Kier alpha value is -6.09. The van der Waals surface area contributed by atoms with Gasteiger partial charge in [-0.1, -0.05) is 17.7 Å². The molecular formula is C99H143Br5F3N19O7S. The molecule has 0 unspecified atom stereocenters. The van der Waals surface area contributed by atoms with Crippen LogP contribution >= 0.6 is 93.1 Å². The molecule has 9 aliphatic heterocycles. The molecule has 6 aliphatic carbocycles. The fourth-order valence-electron chi connectivity index (χ4n) is 19.5. The number of aldehydes is 1. The molecule has 9 N–H and O–H groups in total. The van der Waals surface area contributed by atoms with Gasteiger partial charge >= 0.3 is 30.1 Å². The summed E-state index contributed by atoms with van der Waals surface area (Å²) in [7, 11) is 0. The number of piperidine rings is 6. The van der Waals surface area contributed by atoms with Gasteiger partial charge in [0.2, 0.25) is 5.91 Å². The Balaban J connectivity index is 0.000000147. The fourth-order valence-corrected chi connectivity index (χ4v) is 21.4. The molecule has 14 heterocycles. The molecule has 134 heavy (non-hydrogen) atoms. The molecule has 20 rings (SSSR count). The highest BCUT2D eigenvalue weighted by atomic mass is 79.9. The van der Waals surface area contributed by atoms with Crippen molar-refractivity contribution in [3.05, 3.63) is 130 Å². The number of carbonyl (C=O) groups excluding carboxylic acids is 6. The summed E-state index contributed by atoms with van der Waals surface area (Å²) < 4.78 is 43.7. The Morgan fingerprint density at radius 3 is 1.45 bits per heavy atom. The zero-order valence-electron chi connectivity index (χ0n) is 78.7. The van der Waals surface area contributed by atoms with Crippen molar-refractivity contribution in [3.63, 3.8) is 0 Å². The van der Waals surface area contributed by atoms with Gasteiger partial charge in [-0.05, 0) is 400 Å². The second-order valence-corrected chi connectivity index (χ2v) is 44.9. The van der Waals surface area contributed by atoms with Crippen molar-refractivity contribution in [2.75, 3.05) is 173 Å². The topological polar surface area (TPSA) is 301 Å². The van der Waals surface area contributed by atoms with E-state index in [1.54, 1.807) is 48.3 Å². The molecule has 15 aliphatic rings. The lowest BCUT2D eigenvalue weighted by Gasteiger charge is -2.35. The molecule has 5 aromatic heterocycles. The van der Waals surface area contributed by atoms with Crippen LogP contribution in [0.25, 0.3) is 6.08 Å². The van der Waals surface area contributed by atoms with E-state index < -0.39 is 12.1 Å². The van der Waals surface area contributed by atoms with E-state index in [1.165, 1.54) is 204 Å². The average molecular weight is 2200 g/mol. The predicted molar refractivity (Wildman–Crippen MR) is 546 cm³/mol. The lowest BCUT2D eigenvalue weighted by atomic mass is 9.93. The number of pyridine rings is 4. The number of halogens is 8. The highest BCUT2D eigenvalue weighted by Gasteiger charge is 2.49. The number of likely N-dealkylation sites (tertiary alicyclic amines) is 5. The van der Waals surface area contributed by atoms with Gasteiger partial charge < -0.3 is 71.4 Å². The number of nitrogens with one attached hydrogen (secondary N) is 5. The number of nitrogens with two attached hydrogens (primary N) is 2. The van der Waals surface area contributed by atoms with Crippen LogP contribution < -0.4 is 38.1 Å². The van der Waals surface area contributed by atoms with E-state index in [1.807, 2.05) is 65.1 Å². The quantitative estimate of drug-likeness (QED) is 0.0105. The Bertz CT molecular complexity index is 4740. The van der Waals surface area contributed by atoms with Crippen LogP contribution in [0.2, 0.25) is 0 Å². The van der Waals surface area contributed by atoms with Crippen LogP contribution in [0, 0.1) is 32.5 Å². The summed E-state index contributed by atoms with van der Waals surface area (Å²) >= 11 is 11.8. The van der Waals surface area contributed by atoms with Crippen molar-refractivity contribution < 1.29 is 46.7 Å². The average Bonchev–Trinajstić information content (AvgIpc) is 1.52. The van der Waals surface area contributed by atoms with Crippen molar-refractivity contribution in [2.45, 2.75) is 232 Å². The largest absolute Gasteiger partial charge is 0.471 e. The lowest BCUT2D eigenvalue weighted by Crippen LogP contribution is -2.45. The van der Waals surface area contributed by atoms with Crippen LogP contribution in [0.1, 0.15) is 232 Å². The first-order valence-corrected chi connectivity index (χ1v) is 51.9. The number of ether oxygens (including phenoxy) is 1. The molecule has 0 atom stereocenters. The van der Waals surface area contributed by atoms with Gasteiger partial charge in [0.1, 0.15) is 28.9 Å². The first-order chi connectivity index (χ1) is 63.3. The third kappa shape index (κ3) is 33.6. The van der Waals surface area contributed by atoms with E-state index >= 15 is 0 Å². The smallest absolute Gasteiger partial charge is 0.460 e. The Kier molecular flexibility index (Phi) is 38.9. The summed E-state index contributed by atoms with van der Waals surface area (Å²) in [5.74, 6) is 0.323. The number of alkyl halides is 3. The van der Waals surface area contributed by atoms with Crippen LogP contribution in [0.15, 0.2) is 97.7 Å². The number of urea groups is 2. The number of rotatable bonds is 23. The molecule has 5 aromatic rings. The van der Waals surface area contributed by atoms with Gasteiger partial charge in [0.15, 0.2) is 6.29 Å².